The summed E-state index contributed by atoms with van der Waals surface area (Å²) in [5.74, 6) is -5.24. The third-order valence-electron chi connectivity index (χ3n) is 1.46. The van der Waals surface area contributed by atoms with Crippen molar-refractivity contribution in [2.45, 2.75) is 20.8 Å². The summed E-state index contributed by atoms with van der Waals surface area (Å²) in [5, 5.41) is 7.79. The molecule has 1 rings (SSSR count). The lowest BCUT2D eigenvalue weighted by molar-refractivity contribution is 0.387. The number of halogens is 4. The minimum absolute atomic E-state index is 0.501. The molecule has 0 saturated heterocycles. The Labute approximate surface area is 85.1 Å². The van der Waals surface area contributed by atoms with Crippen LogP contribution in [0, 0.1) is 24.4 Å². The number of benzene rings is 1. The number of hydrogen-bond donors (Lipinski definition) is 1. The summed E-state index contributed by atoms with van der Waals surface area (Å²) in [5.41, 5.74) is -0.501. The Morgan fingerprint density at radius 3 is 1.86 bits per heavy atom. The van der Waals surface area contributed by atoms with Gasteiger partial charge in [-0.2, -0.15) is 0 Å². The minimum Gasteiger partial charge on any atom is -0.503 e. The molecule has 0 aliphatic carbocycles. The van der Waals surface area contributed by atoms with Crippen molar-refractivity contribution in [3.8, 4) is 5.75 Å². The Hall–Kier alpha value is -0.900. The van der Waals surface area contributed by atoms with Gasteiger partial charge in [0.25, 0.3) is 0 Å². The van der Waals surface area contributed by atoms with Gasteiger partial charge in [0, 0.05) is 5.56 Å². The number of aromatic hydroxyl groups is 1. The highest BCUT2D eigenvalue weighted by Crippen LogP contribution is 2.32. The first-order valence-electron chi connectivity index (χ1n) is 3.98. The van der Waals surface area contributed by atoms with Gasteiger partial charge in [-0.15, -0.1) is 0 Å². The molecule has 0 radical (unpaired) electrons. The summed E-state index contributed by atoms with van der Waals surface area (Å²) in [4.78, 5) is 0. The fourth-order valence-electron chi connectivity index (χ4n) is 0.735. The third-order valence-corrected chi connectivity index (χ3v) is 1.79. The molecule has 0 aromatic heterocycles. The van der Waals surface area contributed by atoms with Gasteiger partial charge in [-0.05, 0) is 6.92 Å². The van der Waals surface area contributed by atoms with Crippen molar-refractivity contribution in [2.24, 2.45) is 0 Å². The third kappa shape index (κ3) is 2.12. The zero-order valence-corrected chi connectivity index (χ0v) is 8.72. The van der Waals surface area contributed by atoms with E-state index < -0.39 is 33.8 Å². The zero-order chi connectivity index (χ0) is 11.5. The van der Waals surface area contributed by atoms with Crippen molar-refractivity contribution in [3.63, 3.8) is 0 Å². The van der Waals surface area contributed by atoms with Gasteiger partial charge in [-0.3, -0.25) is 0 Å². The summed E-state index contributed by atoms with van der Waals surface area (Å²) < 4.78 is 37.9. The van der Waals surface area contributed by atoms with Crippen LogP contribution < -0.4 is 0 Å². The average Bonchev–Trinajstić information content (AvgIpc) is 2.24. The standard InChI is InChI=1S/C7H4ClF3O.C2H6/c1-2-4(9)3(8)6(11)7(12)5(2)10;1-2/h12H,1H3;1-2H3. The van der Waals surface area contributed by atoms with Crippen LogP contribution in [0.1, 0.15) is 19.4 Å². The molecular formula is C9H10ClF3O. The smallest absolute Gasteiger partial charge is 0.189 e. The number of phenolic OH excluding ortho intramolecular Hbond substituents is 1. The van der Waals surface area contributed by atoms with Gasteiger partial charge >= 0.3 is 0 Å². The van der Waals surface area contributed by atoms with Crippen molar-refractivity contribution < 1.29 is 18.3 Å². The lowest BCUT2D eigenvalue weighted by Crippen LogP contribution is -1.94. The van der Waals surface area contributed by atoms with Crippen molar-refractivity contribution in [1.82, 2.24) is 0 Å². The normalized spacial score (nSPS) is 9.36. The lowest BCUT2D eigenvalue weighted by Gasteiger charge is -2.04. The minimum atomic E-state index is -1.47. The van der Waals surface area contributed by atoms with Crippen LogP contribution in [-0.2, 0) is 0 Å². The van der Waals surface area contributed by atoms with Crippen molar-refractivity contribution in [2.75, 3.05) is 0 Å². The maximum Gasteiger partial charge on any atom is 0.189 e. The SMILES string of the molecule is CC.Cc1c(F)c(O)c(F)c(Cl)c1F. The summed E-state index contributed by atoms with van der Waals surface area (Å²) in [6.45, 7) is 5.05. The molecule has 0 bridgehead atoms. The van der Waals surface area contributed by atoms with E-state index in [1.807, 2.05) is 13.8 Å². The topological polar surface area (TPSA) is 20.2 Å². The van der Waals surface area contributed by atoms with Gasteiger partial charge in [-0.25, -0.2) is 13.2 Å². The van der Waals surface area contributed by atoms with Crippen LogP contribution in [0.3, 0.4) is 0 Å². The largest absolute Gasteiger partial charge is 0.503 e. The second-order valence-electron chi connectivity index (χ2n) is 2.23. The average molecular weight is 227 g/mol. The molecule has 0 aliphatic heterocycles. The molecule has 1 nitrogen and oxygen atoms in total. The first kappa shape index (κ1) is 13.1. The molecular weight excluding hydrogens is 217 g/mol. The van der Waals surface area contributed by atoms with Crippen molar-refractivity contribution >= 4 is 11.6 Å². The molecule has 0 amide bonds. The predicted octanol–water partition coefficient (Wildman–Crippen LogP) is 3.80. The van der Waals surface area contributed by atoms with Crippen LogP contribution in [0.15, 0.2) is 0 Å². The van der Waals surface area contributed by atoms with E-state index in [-0.39, 0.29) is 0 Å². The van der Waals surface area contributed by atoms with E-state index in [4.69, 9.17) is 16.7 Å². The van der Waals surface area contributed by atoms with Gasteiger partial charge in [-0.1, -0.05) is 25.4 Å². The molecule has 0 atom stereocenters. The highest BCUT2D eigenvalue weighted by atomic mass is 35.5. The Bertz CT molecular complexity index is 234. The van der Waals surface area contributed by atoms with Gasteiger partial charge in [0.1, 0.15) is 5.02 Å². The summed E-state index contributed by atoms with van der Waals surface area (Å²) in [6, 6.07) is 0. The fraction of sp³-hybridized carbons (Fsp3) is 0.333. The first-order valence-corrected chi connectivity index (χ1v) is 4.36. The van der Waals surface area contributed by atoms with Gasteiger partial charge < -0.3 is 5.11 Å². The van der Waals surface area contributed by atoms with Gasteiger partial charge in [0.05, 0.1) is 0 Å². The van der Waals surface area contributed by atoms with Gasteiger partial charge in [0.2, 0.25) is 0 Å². The van der Waals surface area contributed by atoms with Crippen LogP contribution in [-0.4, -0.2) is 5.11 Å². The van der Waals surface area contributed by atoms with Crippen LogP contribution >= 0.6 is 11.6 Å². The zero-order valence-electron chi connectivity index (χ0n) is 7.96. The maximum atomic E-state index is 12.7. The number of hydrogen-bond acceptors (Lipinski definition) is 1. The van der Waals surface area contributed by atoms with E-state index in [9.17, 15) is 13.2 Å². The molecule has 1 aromatic carbocycles. The molecule has 0 fully saturated rings. The summed E-state index contributed by atoms with van der Waals surface area (Å²) >= 11 is 5.08. The molecule has 0 spiro atoms. The molecule has 0 aliphatic rings. The van der Waals surface area contributed by atoms with Crippen molar-refractivity contribution in [1.29, 1.82) is 0 Å². The molecule has 0 unspecified atom stereocenters. The molecule has 1 N–H and O–H groups in total. The summed E-state index contributed by atoms with van der Waals surface area (Å²) in [7, 11) is 0. The summed E-state index contributed by atoms with van der Waals surface area (Å²) in [6.07, 6.45) is 0. The molecule has 14 heavy (non-hydrogen) atoms. The Kier molecular flexibility index (Phi) is 4.77. The quantitative estimate of drug-likeness (QED) is 0.527. The molecule has 80 valence electrons. The van der Waals surface area contributed by atoms with E-state index in [1.165, 1.54) is 0 Å². The highest BCUT2D eigenvalue weighted by molar-refractivity contribution is 6.31. The Balaban J connectivity index is 0.000000791. The van der Waals surface area contributed by atoms with E-state index >= 15 is 0 Å². The van der Waals surface area contributed by atoms with E-state index in [1.54, 1.807) is 0 Å². The second kappa shape index (κ2) is 5.10. The maximum absolute atomic E-state index is 12.7. The second-order valence-corrected chi connectivity index (χ2v) is 2.61. The van der Waals surface area contributed by atoms with Crippen LogP contribution in [0.4, 0.5) is 13.2 Å². The molecule has 1 aromatic rings. The van der Waals surface area contributed by atoms with E-state index in [2.05, 4.69) is 0 Å². The van der Waals surface area contributed by atoms with Crippen molar-refractivity contribution in [3.05, 3.63) is 28.0 Å². The molecule has 0 heterocycles. The predicted molar refractivity (Wildman–Crippen MR) is 49.1 cm³/mol. The monoisotopic (exact) mass is 226 g/mol. The Morgan fingerprint density at radius 1 is 1.00 bits per heavy atom. The first-order chi connectivity index (χ1) is 6.46. The van der Waals surface area contributed by atoms with Gasteiger partial charge in [0.15, 0.2) is 23.2 Å². The fourth-order valence-corrected chi connectivity index (χ4v) is 0.966. The van der Waals surface area contributed by atoms with Crippen LogP contribution in [0.25, 0.3) is 0 Å². The highest BCUT2D eigenvalue weighted by Gasteiger charge is 2.20. The van der Waals surface area contributed by atoms with E-state index in [0.717, 1.165) is 6.92 Å². The van der Waals surface area contributed by atoms with Crippen LogP contribution in [0.5, 0.6) is 5.75 Å². The Morgan fingerprint density at radius 2 is 1.43 bits per heavy atom. The number of phenols is 1. The molecule has 5 heteroatoms. The molecule has 0 saturated carbocycles. The van der Waals surface area contributed by atoms with E-state index in [0.29, 0.717) is 0 Å². The van der Waals surface area contributed by atoms with Crippen LogP contribution in [0.2, 0.25) is 5.02 Å². The number of rotatable bonds is 0. The lowest BCUT2D eigenvalue weighted by atomic mass is 10.2.